The molecule has 0 aliphatic carbocycles. The van der Waals surface area contributed by atoms with E-state index in [-0.39, 0.29) is 16.3 Å². The van der Waals surface area contributed by atoms with E-state index < -0.39 is 21.7 Å². The first-order valence-corrected chi connectivity index (χ1v) is 11.7. The lowest BCUT2D eigenvalue weighted by Gasteiger charge is -2.14. The number of sulfonamides is 1. The second-order valence-corrected chi connectivity index (χ2v) is 9.36. The summed E-state index contributed by atoms with van der Waals surface area (Å²) in [6.45, 7) is 1.63. The Labute approximate surface area is 189 Å². The van der Waals surface area contributed by atoms with Crippen molar-refractivity contribution in [1.29, 1.82) is 0 Å². The van der Waals surface area contributed by atoms with Crippen LogP contribution >= 0.6 is 11.8 Å². The summed E-state index contributed by atoms with van der Waals surface area (Å²) in [5, 5.41) is 2.68. The van der Waals surface area contributed by atoms with E-state index >= 15 is 0 Å². The number of hydrogen-bond donors (Lipinski definition) is 2. The molecule has 0 aromatic heterocycles. The summed E-state index contributed by atoms with van der Waals surface area (Å²) in [5.74, 6) is -2.62. The van der Waals surface area contributed by atoms with Gasteiger partial charge in [0.25, 0.3) is 21.7 Å². The molecular weight excluding hydrogens is 458 g/mol. The van der Waals surface area contributed by atoms with Gasteiger partial charge < -0.3 is 10.1 Å². The highest BCUT2D eigenvalue weighted by molar-refractivity contribution is 7.99. The number of halogens is 2. The second-order valence-electron chi connectivity index (χ2n) is 6.64. The quantitative estimate of drug-likeness (QED) is 0.425. The van der Waals surface area contributed by atoms with Gasteiger partial charge in [-0.05, 0) is 61.0 Å². The number of para-hydroxylation sites is 1. The molecule has 0 unspecified atom stereocenters. The van der Waals surface area contributed by atoms with Gasteiger partial charge in [-0.25, -0.2) is 8.42 Å². The summed E-state index contributed by atoms with van der Waals surface area (Å²) >= 11 is 0.373. The molecule has 6 nitrogen and oxygen atoms in total. The molecule has 0 spiro atoms. The lowest BCUT2D eigenvalue weighted by Crippen LogP contribution is -2.16. The van der Waals surface area contributed by atoms with E-state index in [0.717, 1.165) is 0 Å². The summed E-state index contributed by atoms with van der Waals surface area (Å²) in [5.41, 5.74) is 1.29. The van der Waals surface area contributed by atoms with Gasteiger partial charge in [0.05, 0.1) is 17.6 Å². The van der Waals surface area contributed by atoms with E-state index in [1.54, 1.807) is 43.3 Å². The average Bonchev–Trinajstić information content (AvgIpc) is 2.75. The van der Waals surface area contributed by atoms with Gasteiger partial charge in [0.15, 0.2) is 0 Å². The lowest BCUT2D eigenvalue weighted by molar-refractivity contribution is 0.102. The van der Waals surface area contributed by atoms with Crippen molar-refractivity contribution < 1.29 is 26.7 Å². The van der Waals surface area contributed by atoms with Crippen molar-refractivity contribution in [1.82, 2.24) is 0 Å². The van der Waals surface area contributed by atoms with Gasteiger partial charge in [-0.15, -0.1) is 0 Å². The number of amides is 1. The monoisotopic (exact) mass is 478 g/mol. The molecule has 0 saturated heterocycles. The summed E-state index contributed by atoms with van der Waals surface area (Å²) < 4.78 is 58.4. The number of carbonyl (C=O) groups is 1. The lowest BCUT2D eigenvalue weighted by atomic mass is 10.1. The van der Waals surface area contributed by atoms with Crippen LogP contribution in [0, 0.1) is 6.92 Å². The van der Waals surface area contributed by atoms with Crippen molar-refractivity contribution in [2.75, 3.05) is 17.1 Å². The third-order valence-corrected chi connectivity index (χ3v) is 6.66. The molecule has 0 saturated carbocycles. The Morgan fingerprint density at radius 2 is 1.66 bits per heavy atom. The number of methoxy groups -OCH3 is 1. The van der Waals surface area contributed by atoms with Crippen LogP contribution in [0.15, 0.2) is 76.5 Å². The normalized spacial score (nSPS) is 11.3. The largest absolute Gasteiger partial charge is 0.496 e. The van der Waals surface area contributed by atoms with Crippen molar-refractivity contribution in [3.63, 3.8) is 0 Å². The average molecular weight is 479 g/mol. The molecule has 0 aliphatic heterocycles. The van der Waals surface area contributed by atoms with Crippen molar-refractivity contribution in [3.8, 4) is 5.75 Å². The van der Waals surface area contributed by atoms with Crippen molar-refractivity contribution in [3.05, 3.63) is 77.9 Å². The minimum atomic E-state index is -4.00. The van der Waals surface area contributed by atoms with Crippen molar-refractivity contribution >= 4 is 39.1 Å². The van der Waals surface area contributed by atoms with Crippen LogP contribution in [0.25, 0.3) is 0 Å². The Bertz CT molecular complexity index is 1220. The number of anilines is 2. The second kappa shape index (κ2) is 10.0. The third-order valence-electron chi connectivity index (χ3n) is 4.42. The first-order chi connectivity index (χ1) is 15.2. The molecule has 2 N–H and O–H groups in total. The van der Waals surface area contributed by atoms with E-state index in [2.05, 4.69) is 10.0 Å². The number of thioether (sulfide) groups is 1. The van der Waals surface area contributed by atoms with Gasteiger partial charge in [0.2, 0.25) is 0 Å². The fraction of sp³-hybridized carbons (Fsp3) is 0.136. The van der Waals surface area contributed by atoms with Crippen LogP contribution in [0.3, 0.4) is 0 Å². The van der Waals surface area contributed by atoms with E-state index in [4.69, 9.17) is 4.74 Å². The molecule has 32 heavy (non-hydrogen) atoms. The minimum absolute atomic E-state index is 0.0265. The van der Waals surface area contributed by atoms with Gasteiger partial charge in [0.1, 0.15) is 5.75 Å². The predicted molar refractivity (Wildman–Crippen MR) is 121 cm³/mol. The molecule has 0 aliphatic rings. The van der Waals surface area contributed by atoms with Gasteiger partial charge in [-0.3, -0.25) is 9.52 Å². The summed E-state index contributed by atoms with van der Waals surface area (Å²) in [6.07, 6.45) is 0. The number of carbonyl (C=O) groups excluding carboxylic acids is 1. The van der Waals surface area contributed by atoms with E-state index in [9.17, 15) is 22.0 Å². The standard InChI is InChI=1S/C22H20F2N2O4S2/c1-14-7-8-16(25-21(27)18-5-3-4-6-19(18)30-2)13-20(14)32(28,29)26-15-9-11-17(12-10-15)31-22(23)24/h3-13,22,26H,1-2H3,(H,25,27). The maximum atomic E-state index is 12.9. The highest BCUT2D eigenvalue weighted by Gasteiger charge is 2.19. The number of benzene rings is 3. The predicted octanol–water partition coefficient (Wildman–Crippen LogP) is 5.37. The van der Waals surface area contributed by atoms with Crippen LogP contribution < -0.4 is 14.8 Å². The number of ether oxygens (including phenoxy) is 1. The maximum Gasteiger partial charge on any atom is 0.288 e. The summed E-state index contributed by atoms with van der Waals surface area (Å²) in [4.78, 5) is 12.9. The number of rotatable bonds is 8. The zero-order chi connectivity index (χ0) is 23.3. The topological polar surface area (TPSA) is 84.5 Å². The van der Waals surface area contributed by atoms with Gasteiger partial charge in [0, 0.05) is 16.3 Å². The molecule has 3 rings (SSSR count). The van der Waals surface area contributed by atoms with Crippen LogP contribution in [0.2, 0.25) is 0 Å². The first-order valence-electron chi connectivity index (χ1n) is 9.32. The van der Waals surface area contributed by atoms with Gasteiger partial charge in [-0.1, -0.05) is 30.0 Å². The summed E-state index contributed by atoms with van der Waals surface area (Å²) in [6, 6.07) is 16.8. The van der Waals surface area contributed by atoms with Crippen LogP contribution in [0.1, 0.15) is 15.9 Å². The highest BCUT2D eigenvalue weighted by Crippen LogP contribution is 2.28. The molecule has 0 atom stereocenters. The molecule has 168 valence electrons. The Morgan fingerprint density at radius 3 is 2.31 bits per heavy atom. The minimum Gasteiger partial charge on any atom is -0.496 e. The van der Waals surface area contributed by atoms with E-state index in [1.807, 2.05) is 0 Å². The zero-order valence-corrected chi connectivity index (χ0v) is 18.8. The van der Waals surface area contributed by atoms with E-state index in [1.165, 1.54) is 37.4 Å². The first kappa shape index (κ1) is 23.6. The Kier molecular flexibility index (Phi) is 7.37. The number of aryl methyl sites for hydroxylation is 1. The third kappa shape index (κ3) is 5.77. The Hall–Kier alpha value is -3.11. The van der Waals surface area contributed by atoms with Gasteiger partial charge >= 0.3 is 0 Å². The van der Waals surface area contributed by atoms with Crippen molar-refractivity contribution in [2.24, 2.45) is 0 Å². The number of nitrogens with one attached hydrogen (secondary N) is 2. The maximum absolute atomic E-state index is 12.9. The molecule has 0 heterocycles. The van der Waals surface area contributed by atoms with E-state index in [0.29, 0.717) is 33.5 Å². The smallest absolute Gasteiger partial charge is 0.288 e. The number of alkyl halides is 2. The molecule has 3 aromatic carbocycles. The van der Waals surface area contributed by atoms with Crippen LogP contribution in [0.5, 0.6) is 5.75 Å². The van der Waals surface area contributed by atoms with Crippen LogP contribution in [-0.4, -0.2) is 27.2 Å². The fourth-order valence-electron chi connectivity index (χ4n) is 2.91. The SMILES string of the molecule is COc1ccccc1C(=O)Nc1ccc(C)c(S(=O)(=O)Nc2ccc(SC(F)F)cc2)c1. The number of hydrogen-bond acceptors (Lipinski definition) is 5. The van der Waals surface area contributed by atoms with Crippen molar-refractivity contribution in [2.45, 2.75) is 22.5 Å². The molecule has 0 radical (unpaired) electrons. The zero-order valence-electron chi connectivity index (χ0n) is 17.1. The molecule has 3 aromatic rings. The van der Waals surface area contributed by atoms with Crippen LogP contribution in [0.4, 0.5) is 20.2 Å². The highest BCUT2D eigenvalue weighted by atomic mass is 32.2. The molecule has 0 fully saturated rings. The van der Waals surface area contributed by atoms with Crippen LogP contribution in [-0.2, 0) is 10.0 Å². The molecule has 10 heteroatoms. The molecule has 1 amide bonds. The fourth-order valence-corrected chi connectivity index (χ4v) is 4.74. The Morgan fingerprint density at radius 1 is 1.00 bits per heavy atom. The molecule has 0 bridgehead atoms. The Balaban J connectivity index is 1.82. The molecular formula is C22H20F2N2O4S2. The summed E-state index contributed by atoms with van der Waals surface area (Å²) in [7, 11) is -2.55. The van der Waals surface area contributed by atoms with Gasteiger partial charge in [-0.2, -0.15) is 8.78 Å².